The average molecular weight is 255 g/mol. The third kappa shape index (κ3) is 4.94. The van der Waals surface area contributed by atoms with Gasteiger partial charge in [0.15, 0.2) is 0 Å². The van der Waals surface area contributed by atoms with E-state index in [1.165, 1.54) is 0 Å². The first kappa shape index (κ1) is 15.4. The SMILES string of the molecule is CCC(CC)NC(=O)C(C)NC1CCN(C)CC1. The van der Waals surface area contributed by atoms with Crippen molar-refractivity contribution in [3.63, 3.8) is 0 Å². The normalized spacial score (nSPS) is 20.1. The van der Waals surface area contributed by atoms with Crippen LogP contribution in [0.25, 0.3) is 0 Å². The molecule has 1 rings (SSSR count). The molecule has 0 aliphatic carbocycles. The molecule has 2 N–H and O–H groups in total. The van der Waals surface area contributed by atoms with E-state index in [0.29, 0.717) is 12.1 Å². The molecule has 1 amide bonds. The van der Waals surface area contributed by atoms with Gasteiger partial charge in [-0.15, -0.1) is 0 Å². The standard InChI is InChI=1S/C14H29N3O/c1-5-12(6-2)16-14(18)11(3)15-13-7-9-17(4)10-8-13/h11-13,15H,5-10H2,1-4H3,(H,16,18). The van der Waals surface area contributed by atoms with E-state index < -0.39 is 0 Å². The molecule has 1 heterocycles. The molecule has 1 unspecified atom stereocenters. The minimum atomic E-state index is -0.0843. The maximum Gasteiger partial charge on any atom is 0.237 e. The van der Waals surface area contributed by atoms with Crippen LogP contribution in [-0.2, 0) is 4.79 Å². The molecule has 1 saturated heterocycles. The minimum Gasteiger partial charge on any atom is -0.352 e. The van der Waals surface area contributed by atoms with Gasteiger partial charge in [0.25, 0.3) is 0 Å². The van der Waals surface area contributed by atoms with Gasteiger partial charge in [0, 0.05) is 12.1 Å². The summed E-state index contributed by atoms with van der Waals surface area (Å²) in [5.41, 5.74) is 0. The molecule has 0 radical (unpaired) electrons. The third-order valence-corrected chi connectivity index (χ3v) is 3.93. The molecule has 1 fully saturated rings. The van der Waals surface area contributed by atoms with Gasteiger partial charge in [0.1, 0.15) is 0 Å². The third-order valence-electron chi connectivity index (χ3n) is 3.93. The number of piperidine rings is 1. The maximum absolute atomic E-state index is 12.0. The average Bonchev–Trinajstić information content (AvgIpc) is 2.38. The lowest BCUT2D eigenvalue weighted by Gasteiger charge is -2.31. The first-order valence-corrected chi connectivity index (χ1v) is 7.31. The first-order chi connectivity index (χ1) is 8.56. The summed E-state index contributed by atoms with van der Waals surface area (Å²) in [5.74, 6) is 0.141. The van der Waals surface area contributed by atoms with E-state index in [2.05, 4.69) is 36.4 Å². The first-order valence-electron chi connectivity index (χ1n) is 7.31. The molecule has 4 heteroatoms. The fourth-order valence-electron chi connectivity index (χ4n) is 2.42. The summed E-state index contributed by atoms with van der Waals surface area (Å²) in [5, 5.41) is 6.56. The van der Waals surface area contributed by atoms with E-state index >= 15 is 0 Å². The van der Waals surface area contributed by atoms with Crippen molar-refractivity contribution >= 4 is 5.91 Å². The van der Waals surface area contributed by atoms with Gasteiger partial charge in [0.05, 0.1) is 6.04 Å². The van der Waals surface area contributed by atoms with Crippen LogP contribution in [0.2, 0.25) is 0 Å². The highest BCUT2D eigenvalue weighted by Gasteiger charge is 2.22. The number of nitrogens with zero attached hydrogens (tertiary/aromatic N) is 1. The zero-order valence-electron chi connectivity index (χ0n) is 12.3. The highest BCUT2D eigenvalue weighted by atomic mass is 16.2. The van der Waals surface area contributed by atoms with E-state index in [-0.39, 0.29) is 11.9 Å². The van der Waals surface area contributed by atoms with Crippen LogP contribution in [0.3, 0.4) is 0 Å². The van der Waals surface area contributed by atoms with Gasteiger partial charge in [-0.2, -0.15) is 0 Å². The molecular weight excluding hydrogens is 226 g/mol. The molecule has 0 saturated carbocycles. The highest BCUT2D eigenvalue weighted by Crippen LogP contribution is 2.09. The summed E-state index contributed by atoms with van der Waals surface area (Å²) >= 11 is 0. The van der Waals surface area contributed by atoms with Gasteiger partial charge in [-0.25, -0.2) is 0 Å². The highest BCUT2D eigenvalue weighted by molar-refractivity contribution is 5.81. The van der Waals surface area contributed by atoms with Gasteiger partial charge in [-0.05, 0) is 52.7 Å². The largest absolute Gasteiger partial charge is 0.352 e. The van der Waals surface area contributed by atoms with Crippen molar-refractivity contribution in [2.75, 3.05) is 20.1 Å². The van der Waals surface area contributed by atoms with E-state index in [0.717, 1.165) is 38.8 Å². The Morgan fingerprint density at radius 3 is 2.33 bits per heavy atom. The van der Waals surface area contributed by atoms with Gasteiger partial charge < -0.3 is 15.5 Å². The van der Waals surface area contributed by atoms with E-state index in [1.807, 2.05) is 6.92 Å². The molecule has 18 heavy (non-hydrogen) atoms. The Bertz CT molecular complexity index is 245. The summed E-state index contributed by atoms with van der Waals surface area (Å²) < 4.78 is 0. The summed E-state index contributed by atoms with van der Waals surface area (Å²) in [4.78, 5) is 14.4. The zero-order chi connectivity index (χ0) is 13.5. The zero-order valence-corrected chi connectivity index (χ0v) is 12.3. The van der Waals surface area contributed by atoms with Crippen molar-refractivity contribution in [2.24, 2.45) is 0 Å². The Labute approximate surface area is 111 Å². The van der Waals surface area contributed by atoms with Crippen molar-refractivity contribution in [1.82, 2.24) is 15.5 Å². The summed E-state index contributed by atoms with van der Waals surface area (Å²) in [7, 11) is 2.15. The Balaban J connectivity index is 2.31. The van der Waals surface area contributed by atoms with Gasteiger partial charge in [-0.3, -0.25) is 4.79 Å². The number of carbonyl (C=O) groups excluding carboxylic acids is 1. The van der Waals surface area contributed by atoms with Crippen LogP contribution in [0.1, 0.15) is 46.5 Å². The van der Waals surface area contributed by atoms with Crippen LogP contribution in [-0.4, -0.2) is 49.1 Å². The molecule has 4 nitrogen and oxygen atoms in total. The van der Waals surface area contributed by atoms with Crippen molar-refractivity contribution < 1.29 is 4.79 Å². The van der Waals surface area contributed by atoms with Crippen LogP contribution in [0.5, 0.6) is 0 Å². The predicted octanol–water partition coefficient (Wildman–Crippen LogP) is 1.36. The maximum atomic E-state index is 12.0. The van der Waals surface area contributed by atoms with Gasteiger partial charge in [-0.1, -0.05) is 13.8 Å². The predicted molar refractivity (Wildman–Crippen MR) is 75.6 cm³/mol. The number of amides is 1. The number of rotatable bonds is 6. The molecule has 1 aliphatic heterocycles. The molecule has 1 atom stereocenters. The molecule has 1 aliphatic rings. The Morgan fingerprint density at radius 2 is 1.83 bits per heavy atom. The molecule has 0 aromatic heterocycles. The minimum absolute atomic E-state index is 0.0843. The van der Waals surface area contributed by atoms with E-state index in [9.17, 15) is 4.79 Å². The summed E-state index contributed by atoms with van der Waals surface area (Å²) in [6.45, 7) is 8.44. The van der Waals surface area contributed by atoms with Crippen LogP contribution in [0.15, 0.2) is 0 Å². The van der Waals surface area contributed by atoms with E-state index in [1.54, 1.807) is 0 Å². The van der Waals surface area contributed by atoms with Crippen LogP contribution < -0.4 is 10.6 Å². The fraction of sp³-hybridized carbons (Fsp3) is 0.929. The number of nitrogens with one attached hydrogen (secondary N) is 2. The van der Waals surface area contributed by atoms with Gasteiger partial charge >= 0.3 is 0 Å². The second-order valence-electron chi connectivity index (χ2n) is 5.49. The Hall–Kier alpha value is -0.610. The lowest BCUT2D eigenvalue weighted by Crippen LogP contribution is -2.51. The number of carbonyl (C=O) groups is 1. The van der Waals surface area contributed by atoms with Crippen LogP contribution >= 0.6 is 0 Å². The monoisotopic (exact) mass is 255 g/mol. The molecule has 0 aromatic rings. The quantitative estimate of drug-likeness (QED) is 0.753. The topological polar surface area (TPSA) is 44.4 Å². The Morgan fingerprint density at radius 1 is 1.28 bits per heavy atom. The van der Waals surface area contributed by atoms with Gasteiger partial charge in [0.2, 0.25) is 5.91 Å². The molecule has 0 spiro atoms. The number of likely N-dealkylation sites (tertiary alicyclic amines) is 1. The van der Waals surface area contributed by atoms with Crippen molar-refractivity contribution in [3.05, 3.63) is 0 Å². The summed E-state index contributed by atoms with van der Waals surface area (Å²) in [6, 6.07) is 0.724. The van der Waals surface area contributed by atoms with Crippen molar-refractivity contribution in [3.8, 4) is 0 Å². The van der Waals surface area contributed by atoms with Crippen molar-refractivity contribution in [2.45, 2.75) is 64.6 Å². The molecule has 0 bridgehead atoms. The lowest BCUT2D eigenvalue weighted by molar-refractivity contribution is -0.123. The summed E-state index contributed by atoms with van der Waals surface area (Å²) in [6.07, 6.45) is 4.28. The smallest absolute Gasteiger partial charge is 0.237 e. The van der Waals surface area contributed by atoms with E-state index in [4.69, 9.17) is 0 Å². The second-order valence-corrected chi connectivity index (χ2v) is 5.49. The lowest BCUT2D eigenvalue weighted by atomic mass is 10.0. The van der Waals surface area contributed by atoms with Crippen LogP contribution in [0.4, 0.5) is 0 Å². The fourth-order valence-corrected chi connectivity index (χ4v) is 2.42. The second kappa shape index (κ2) is 7.74. The number of hydrogen-bond acceptors (Lipinski definition) is 3. The molecule has 106 valence electrons. The molecule has 0 aromatic carbocycles. The van der Waals surface area contributed by atoms with Crippen molar-refractivity contribution in [1.29, 1.82) is 0 Å². The molecular formula is C14H29N3O. The van der Waals surface area contributed by atoms with Crippen LogP contribution in [0, 0.1) is 0 Å². The Kier molecular flexibility index (Phi) is 6.65. The number of hydrogen-bond donors (Lipinski definition) is 2.